The van der Waals surface area contributed by atoms with Gasteiger partial charge in [0.2, 0.25) is 0 Å². The van der Waals surface area contributed by atoms with Crippen molar-refractivity contribution in [3.63, 3.8) is 0 Å². The van der Waals surface area contributed by atoms with Gasteiger partial charge in [-0.15, -0.1) is 0 Å². The number of rotatable bonds is 4. The van der Waals surface area contributed by atoms with Gasteiger partial charge in [-0.3, -0.25) is 0 Å². The number of imidazole rings is 1. The molecule has 1 unspecified atom stereocenters. The predicted octanol–water partition coefficient (Wildman–Crippen LogP) is 3.06. The van der Waals surface area contributed by atoms with Gasteiger partial charge < -0.3 is 10.3 Å². The van der Waals surface area contributed by atoms with Gasteiger partial charge in [0, 0.05) is 30.0 Å². The smallest absolute Gasteiger partial charge is 0.0994 e. The lowest BCUT2D eigenvalue weighted by Gasteiger charge is -2.21. The van der Waals surface area contributed by atoms with E-state index < -0.39 is 0 Å². The maximum atomic E-state index is 5.96. The summed E-state index contributed by atoms with van der Waals surface area (Å²) in [6, 6.07) is 6.80. The highest BCUT2D eigenvalue weighted by molar-refractivity contribution is 5.44. The molecule has 20 heavy (non-hydrogen) atoms. The number of fused-ring (bicyclic) bond motifs is 1. The zero-order chi connectivity index (χ0) is 14.1. The average molecular weight is 269 g/mol. The second-order valence-corrected chi connectivity index (χ2v) is 6.08. The summed E-state index contributed by atoms with van der Waals surface area (Å²) in [5.74, 6) is 0.871. The Balaban J connectivity index is 2.01. The fourth-order valence-electron chi connectivity index (χ4n) is 3.24. The Bertz CT molecular complexity index is 598. The SMILES string of the molecule is CC(C)C(CN)c1cncn1-c1ccc2c(c1)CCC2. The van der Waals surface area contributed by atoms with Crippen LogP contribution in [-0.2, 0) is 12.8 Å². The Morgan fingerprint density at radius 3 is 2.80 bits per heavy atom. The van der Waals surface area contributed by atoms with Crippen LogP contribution in [0.4, 0.5) is 0 Å². The first-order chi connectivity index (χ1) is 9.70. The van der Waals surface area contributed by atoms with E-state index in [4.69, 9.17) is 5.73 Å². The standard InChI is InChI=1S/C17H23N3/c1-12(2)16(9-18)17-10-19-11-20(17)15-7-6-13-4-3-5-14(13)8-15/h6-8,10-12,16H,3-5,9,18H2,1-2H3. The monoisotopic (exact) mass is 269 g/mol. The number of nitrogens with zero attached hydrogens (tertiary/aromatic N) is 2. The van der Waals surface area contributed by atoms with Gasteiger partial charge in [-0.25, -0.2) is 4.98 Å². The Labute approximate surface area is 120 Å². The van der Waals surface area contributed by atoms with Crippen molar-refractivity contribution in [1.29, 1.82) is 0 Å². The molecule has 0 radical (unpaired) electrons. The fraction of sp³-hybridized carbons (Fsp3) is 0.471. The number of hydrogen-bond acceptors (Lipinski definition) is 2. The summed E-state index contributed by atoms with van der Waals surface area (Å²) in [5.41, 5.74) is 11.4. The summed E-state index contributed by atoms with van der Waals surface area (Å²) in [5, 5.41) is 0. The maximum Gasteiger partial charge on any atom is 0.0994 e. The highest BCUT2D eigenvalue weighted by Gasteiger charge is 2.19. The molecule has 1 aliphatic carbocycles. The first-order valence-corrected chi connectivity index (χ1v) is 7.55. The van der Waals surface area contributed by atoms with Crippen LogP contribution >= 0.6 is 0 Å². The zero-order valence-corrected chi connectivity index (χ0v) is 12.3. The van der Waals surface area contributed by atoms with E-state index in [-0.39, 0.29) is 0 Å². The zero-order valence-electron chi connectivity index (χ0n) is 12.3. The van der Waals surface area contributed by atoms with Gasteiger partial charge in [-0.05, 0) is 48.4 Å². The van der Waals surface area contributed by atoms with E-state index in [2.05, 4.69) is 41.6 Å². The molecule has 0 bridgehead atoms. The molecule has 0 amide bonds. The Morgan fingerprint density at radius 2 is 2.05 bits per heavy atom. The number of nitrogens with two attached hydrogens (primary N) is 1. The van der Waals surface area contributed by atoms with Crippen LogP contribution in [0.25, 0.3) is 5.69 Å². The van der Waals surface area contributed by atoms with Crippen LogP contribution < -0.4 is 5.73 Å². The third-order valence-corrected chi connectivity index (χ3v) is 4.47. The molecule has 0 aliphatic heterocycles. The molecular formula is C17H23N3. The molecule has 3 rings (SSSR count). The summed E-state index contributed by atoms with van der Waals surface area (Å²) in [6.07, 6.45) is 7.59. The van der Waals surface area contributed by atoms with Crippen molar-refractivity contribution < 1.29 is 0 Å². The Kier molecular flexibility index (Phi) is 3.62. The molecule has 0 saturated carbocycles. The Hall–Kier alpha value is -1.61. The molecule has 2 N–H and O–H groups in total. The highest BCUT2D eigenvalue weighted by atomic mass is 15.1. The Morgan fingerprint density at radius 1 is 1.25 bits per heavy atom. The molecule has 2 aromatic rings. The van der Waals surface area contributed by atoms with E-state index in [9.17, 15) is 0 Å². The largest absolute Gasteiger partial charge is 0.330 e. The van der Waals surface area contributed by atoms with Crippen LogP contribution in [0, 0.1) is 5.92 Å². The molecule has 1 heterocycles. The quantitative estimate of drug-likeness (QED) is 0.927. The molecule has 3 heteroatoms. The lowest BCUT2D eigenvalue weighted by atomic mass is 9.93. The minimum absolute atomic E-state index is 0.353. The van der Waals surface area contributed by atoms with Crippen LogP contribution in [-0.4, -0.2) is 16.1 Å². The lowest BCUT2D eigenvalue weighted by Crippen LogP contribution is -2.20. The molecule has 0 spiro atoms. The second-order valence-electron chi connectivity index (χ2n) is 6.08. The van der Waals surface area contributed by atoms with E-state index >= 15 is 0 Å². The topological polar surface area (TPSA) is 43.8 Å². The third kappa shape index (κ3) is 2.27. The minimum Gasteiger partial charge on any atom is -0.330 e. The van der Waals surface area contributed by atoms with Crippen molar-refractivity contribution >= 4 is 0 Å². The molecule has 1 aliphatic rings. The molecule has 0 fully saturated rings. The van der Waals surface area contributed by atoms with E-state index in [1.165, 1.54) is 41.8 Å². The molecule has 1 aromatic heterocycles. The molecule has 106 valence electrons. The number of hydrogen-bond donors (Lipinski definition) is 1. The van der Waals surface area contributed by atoms with Crippen molar-refractivity contribution in [2.45, 2.75) is 39.0 Å². The van der Waals surface area contributed by atoms with Gasteiger partial charge in [0.25, 0.3) is 0 Å². The first-order valence-electron chi connectivity index (χ1n) is 7.55. The van der Waals surface area contributed by atoms with Crippen LogP contribution in [0.5, 0.6) is 0 Å². The van der Waals surface area contributed by atoms with Gasteiger partial charge >= 0.3 is 0 Å². The van der Waals surface area contributed by atoms with E-state index in [0.29, 0.717) is 18.4 Å². The average Bonchev–Trinajstić information content (AvgIpc) is 3.06. The molecule has 3 nitrogen and oxygen atoms in total. The molecule has 1 aromatic carbocycles. The van der Waals surface area contributed by atoms with E-state index in [1.807, 2.05) is 12.5 Å². The van der Waals surface area contributed by atoms with Crippen molar-refractivity contribution in [2.75, 3.05) is 6.54 Å². The van der Waals surface area contributed by atoms with Gasteiger partial charge in [0.1, 0.15) is 0 Å². The van der Waals surface area contributed by atoms with Crippen molar-refractivity contribution in [1.82, 2.24) is 9.55 Å². The minimum atomic E-state index is 0.353. The van der Waals surface area contributed by atoms with Crippen LogP contribution in [0.1, 0.15) is 43.0 Å². The fourth-order valence-corrected chi connectivity index (χ4v) is 3.24. The normalized spacial score (nSPS) is 15.6. The van der Waals surface area contributed by atoms with Gasteiger partial charge in [0.05, 0.1) is 6.33 Å². The maximum absolute atomic E-state index is 5.96. The third-order valence-electron chi connectivity index (χ3n) is 4.47. The predicted molar refractivity (Wildman–Crippen MR) is 82.2 cm³/mol. The van der Waals surface area contributed by atoms with Crippen molar-refractivity contribution in [3.05, 3.63) is 47.5 Å². The second kappa shape index (κ2) is 5.41. The summed E-state index contributed by atoms with van der Waals surface area (Å²) in [4.78, 5) is 4.35. The number of aromatic nitrogens is 2. The van der Waals surface area contributed by atoms with E-state index in [1.54, 1.807) is 0 Å². The van der Waals surface area contributed by atoms with Crippen molar-refractivity contribution in [2.24, 2.45) is 11.7 Å². The summed E-state index contributed by atoms with van der Waals surface area (Å²) < 4.78 is 2.20. The summed E-state index contributed by atoms with van der Waals surface area (Å²) >= 11 is 0. The van der Waals surface area contributed by atoms with Gasteiger partial charge in [-0.1, -0.05) is 19.9 Å². The number of aryl methyl sites for hydroxylation is 2. The van der Waals surface area contributed by atoms with E-state index in [0.717, 1.165) is 0 Å². The molecule has 1 atom stereocenters. The van der Waals surface area contributed by atoms with Crippen LogP contribution in [0.2, 0.25) is 0 Å². The lowest BCUT2D eigenvalue weighted by molar-refractivity contribution is 0.490. The molecular weight excluding hydrogens is 246 g/mol. The van der Waals surface area contributed by atoms with Crippen LogP contribution in [0.3, 0.4) is 0 Å². The number of benzene rings is 1. The summed E-state index contributed by atoms with van der Waals surface area (Å²) in [7, 11) is 0. The van der Waals surface area contributed by atoms with Gasteiger partial charge in [0.15, 0.2) is 0 Å². The highest BCUT2D eigenvalue weighted by Crippen LogP contribution is 2.28. The van der Waals surface area contributed by atoms with Crippen LogP contribution in [0.15, 0.2) is 30.7 Å². The van der Waals surface area contributed by atoms with Gasteiger partial charge in [-0.2, -0.15) is 0 Å². The van der Waals surface area contributed by atoms with Crippen molar-refractivity contribution in [3.8, 4) is 5.69 Å². The first kappa shape index (κ1) is 13.4. The summed E-state index contributed by atoms with van der Waals surface area (Å²) in [6.45, 7) is 5.10. The molecule has 0 saturated heterocycles.